The Bertz CT molecular complexity index is 5840. The largest absolute Gasteiger partial charge is 0.512 e. The molecule has 17 rings (SSSR count). The van der Waals surface area contributed by atoms with E-state index in [1.54, 1.807) is 42.7 Å². The second-order valence-electron chi connectivity index (χ2n) is 27.7. The average Bonchev–Trinajstić information content (AvgIpc) is 0.812. The summed E-state index contributed by atoms with van der Waals surface area (Å²) in [4.78, 5) is 49.8. The summed E-state index contributed by atoms with van der Waals surface area (Å²) < 4.78 is 25.8. The monoisotopic (exact) mass is 2680 g/mol. The molecular weight excluding hydrogens is 2590 g/mol. The number of hydrogen-bond acceptors (Lipinski definition) is 10. The number of carboxylic acids is 1. The zero-order valence-electron chi connectivity index (χ0n) is 67.8. The van der Waals surface area contributed by atoms with Crippen LogP contribution in [0.15, 0.2) is 340 Å². The minimum absolute atomic E-state index is 0. The average molecular weight is 2680 g/mol. The Hall–Kier alpha value is -10.0. The smallest absolute Gasteiger partial charge is 0.354 e. The number of aliphatic hydroxyl groups excluding tert-OH is 1. The number of aliphatic hydroxyl groups is 1. The molecule has 11 nitrogen and oxygen atoms in total. The van der Waals surface area contributed by atoms with Gasteiger partial charge in [0.25, 0.3) is 0 Å². The number of aromatic nitrogens is 7. The zero-order chi connectivity index (χ0) is 81.7. The summed E-state index contributed by atoms with van der Waals surface area (Å²) in [6.07, 6.45) is 22.6. The standard InChI is InChI=1S/C23H26N.C19H18N.C15H10N.C13H8N.C11H6F2N.C11H8N.C6H5NO2.C5H8O2.6Ir/c1-2-3-4-5-6-7-10-19-13-15-21(16-14-19)23-22-12-9-8-11-20(22)17-18-24-23;1-19(2,3)16-10-8-15(9-11-16)18-17-7-5-4-6-14(17)12-13-20-18;1-2-7-13(8-3-1)15-14-9-5-4-6-12(14)10-11-16-15;1-2-6-12-10(4-1)7-8-11-5-3-9-14-13(11)12;12-8-4-5-9(10(13)7-8)11-3-1-2-6-14-11;1-2-6-10(7-3-1)11-8-4-5-9-12-11;8-6(9)5-3-1-2-4-7-5;1-4(6)3-5(2)7;;;;;;/h8-9,11-15,17-18H,2-7,10H2,1H3;4-8,10-13H,1-3H3;1-7,9-11H;1-5,7-9H;1-4,6-7H;1-6,8-9H;1-4H,(H,8,9);3,6H,1-2H3;;;;;;/q6*-1;;;;;;;;. The molecule has 19 heteroatoms. The number of hydrogen-bond donors (Lipinski definition) is 2. The molecule has 0 bridgehead atoms. The Morgan fingerprint density at radius 2 is 0.861 bits per heavy atom. The van der Waals surface area contributed by atoms with E-state index in [9.17, 15) is 18.4 Å². The number of benzene rings is 10. The summed E-state index contributed by atoms with van der Waals surface area (Å²) >= 11 is 0. The van der Waals surface area contributed by atoms with E-state index in [1.165, 1.54) is 125 Å². The van der Waals surface area contributed by atoms with E-state index < -0.39 is 17.6 Å². The molecule has 0 unspecified atom stereocenters. The molecule has 0 aliphatic rings. The first-order valence-electron chi connectivity index (χ1n) is 38.4. The van der Waals surface area contributed by atoms with Crippen molar-refractivity contribution in [3.63, 3.8) is 0 Å². The van der Waals surface area contributed by atoms with E-state index in [-0.39, 0.29) is 149 Å². The van der Waals surface area contributed by atoms with E-state index in [2.05, 4.69) is 226 Å². The molecule has 0 atom stereocenters. The van der Waals surface area contributed by atoms with Crippen LogP contribution in [0.4, 0.5) is 8.78 Å². The first-order chi connectivity index (χ1) is 56.5. The Kier molecular flexibility index (Phi) is 47.8. The van der Waals surface area contributed by atoms with Crippen LogP contribution in [-0.2, 0) is 137 Å². The summed E-state index contributed by atoms with van der Waals surface area (Å²) in [6, 6.07) is 111. The van der Waals surface area contributed by atoms with E-state index in [0.29, 0.717) is 5.69 Å². The fourth-order valence-corrected chi connectivity index (χ4v) is 12.2. The third-order valence-electron chi connectivity index (χ3n) is 18.0. The van der Waals surface area contributed by atoms with Crippen molar-refractivity contribution in [1.29, 1.82) is 0 Å². The van der Waals surface area contributed by atoms with Crippen molar-refractivity contribution in [3.8, 4) is 56.3 Å². The number of fused-ring (bicyclic) bond motifs is 6. The second-order valence-corrected chi connectivity index (χ2v) is 27.7. The number of carboxylic acid groups (broad SMARTS) is 1. The topological polar surface area (TPSA) is 165 Å². The molecule has 10 aromatic carbocycles. The normalized spacial score (nSPS) is 10.1. The van der Waals surface area contributed by atoms with Crippen LogP contribution in [0, 0.1) is 48.0 Å². The van der Waals surface area contributed by atoms with E-state index in [4.69, 9.17) is 10.2 Å². The first kappa shape index (κ1) is 104. The van der Waals surface area contributed by atoms with Gasteiger partial charge in [-0.05, 0) is 139 Å². The van der Waals surface area contributed by atoms with Crippen LogP contribution in [0.25, 0.3) is 110 Å². The fourth-order valence-electron chi connectivity index (χ4n) is 12.2. The Morgan fingerprint density at radius 1 is 0.393 bits per heavy atom. The number of unbranched alkanes of at least 4 members (excludes halogenated alkanes) is 5. The third kappa shape index (κ3) is 33.0. The summed E-state index contributed by atoms with van der Waals surface area (Å²) in [6.45, 7) is 11.8. The van der Waals surface area contributed by atoms with Gasteiger partial charge in [0.1, 0.15) is 5.69 Å². The predicted molar refractivity (Wildman–Crippen MR) is 467 cm³/mol. The van der Waals surface area contributed by atoms with Gasteiger partial charge in [0.15, 0.2) is 5.78 Å². The summed E-state index contributed by atoms with van der Waals surface area (Å²) in [5, 5.41) is 27.3. The summed E-state index contributed by atoms with van der Waals surface area (Å²) in [5.41, 5.74) is 12.8. The van der Waals surface area contributed by atoms with Crippen LogP contribution in [0.1, 0.15) is 102 Å². The maximum absolute atomic E-state index is 13.2. The molecule has 6 radical (unpaired) electrons. The van der Waals surface area contributed by atoms with E-state index in [1.807, 2.05) is 134 Å². The van der Waals surface area contributed by atoms with Crippen molar-refractivity contribution in [2.45, 2.75) is 91.9 Å². The quantitative estimate of drug-likeness (QED) is 0.0350. The van der Waals surface area contributed by atoms with Crippen LogP contribution in [0.5, 0.6) is 0 Å². The number of carbonyl (C=O) groups excluding carboxylic acids is 1. The molecule has 122 heavy (non-hydrogen) atoms. The van der Waals surface area contributed by atoms with Gasteiger partial charge in [-0.2, -0.15) is 0 Å². The van der Waals surface area contributed by atoms with Crippen molar-refractivity contribution in [3.05, 3.63) is 405 Å². The van der Waals surface area contributed by atoms with Gasteiger partial charge in [-0.15, -0.1) is 190 Å². The maximum atomic E-state index is 13.2. The predicted octanol–water partition coefficient (Wildman–Crippen LogP) is 25.7. The number of allylic oxidation sites excluding steroid dienone is 2. The van der Waals surface area contributed by atoms with Gasteiger partial charge in [0.05, 0.1) is 5.76 Å². The SMILES string of the molecule is CC(=O)C=C(C)O.CC(C)(C)c1c[c-]c(-c2nccc3ccccc23)cc1.CCCCCCCCc1c[c-]c(-c2nccc3ccccc23)cc1.Fc1c[c-]c(-c2ccccn2)c(F)c1.O=C(O)c1ccccn1.[Ir].[Ir].[Ir].[Ir].[Ir].[Ir].[c-]1cccc2ccc3cccnc3c12.[c-]1ccccc1-c1ccccn1.[c-]1ccccc1-c1nccc2ccccc12. The van der Waals surface area contributed by atoms with Crippen molar-refractivity contribution in [2.75, 3.05) is 0 Å². The van der Waals surface area contributed by atoms with Crippen molar-refractivity contribution < 1.29 is 149 Å². The number of ketones is 1. The van der Waals surface area contributed by atoms with Gasteiger partial charge in [-0.1, -0.05) is 206 Å². The Labute approximate surface area is 795 Å². The Morgan fingerprint density at radius 3 is 1.32 bits per heavy atom. The molecule has 634 valence electrons. The molecule has 0 aliphatic heterocycles. The Balaban J connectivity index is 0.000000297. The molecular formula is C103H89F2Ir6N7O4-6. The van der Waals surface area contributed by atoms with Crippen LogP contribution >= 0.6 is 0 Å². The summed E-state index contributed by atoms with van der Waals surface area (Å²) in [7, 11) is 0. The van der Waals surface area contributed by atoms with E-state index in [0.717, 1.165) is 74.5 Å². The van der Waals surface area contributed by atoms with E-state index >= 15 is 0 Å². The van der Waals surface area contributed by atoms with Crippen molar-refractivity contribution in [2.24, 2.45) is 0 Å². The van der Waals surface area contributed by atoms with Crippen molar-refractivity contribution >= 4 is 65.7 Å². The first-order valence-corrected chi connectivity index (χ1v) is 38.4. The second kappa shape index (κ2) is 55.9. The molecule has 0 amide bonds. The molecule has 0 saturated carbocycles. The number of carbonyl (C=O) groups is 2. The van der Waals surface area contributed by atoms with Crippen LogP contribution < -0.4 is 0 Å². The molecule has 0 fully saturated rings. The van der Waals surface area contributed by atoms with Gasteiger partial charge in [0.2, 0.25) is 0 Å². The minimum atomic E-state index is -0.990. The van der Waals surface area contributed by atoms with Crippen LogP contribution in [0.3, 0.4) is 0 Å². The number of nitrogens with zero attached hydrogens (tertiary/aromatic N) is 7. The third-order valence-corrected chi connectivity index (χ3v) is 18.0. The molecule has 2 N–H and O–H groups in total. The molecule has 0 aliphatic carbocycles. The van der Waals surface area contributed by atoms with Gasteiger partial charge in [-0.3, -0.25) is 13.6 Å². The van der Waals surface area contributed by atoms with Gasteiger partial charge >= 0.3 is 5.97 Å². The van der Waals surface area contributed by atoms with Gasteiger partial charge < -0.3 is 40.1 Å². The van der Waals surface area contributed by atoms with Gasteiger partial charge in [-0.25, -0.2) is 9.78 Å². The molecule has 17 aromatic rings. The number of rotatable bonds is 14. The molecule has 0 spiro atoms. The molecule has 7 heterocycles. The number of aromatic carboxylic acids is 1. The van der Waals surface area contributed by atoms with Crippen LogP contribution in [-0.4, -0.2) is 56.9 Å². The number of halogens is 2. The van der Waals surface area contributed by atoms with Gasteiger partial charge in [0, 0.05) is 182 Å². The van der Waals surface area contributed by atoms with Crippen LogP contribution in [0.2, 0.25) is 0 Å². The number of pyridine rings is 7. The summed E-state index contributed by atoms with van der Waals surface area (Å²) in [5.74, 6) is -2.34. The fraction of sp³-hybridized carbons (Fsp3) is 0.136. The molecule has 0 saturated heterocycles. The number of aryl methyl sites for hydroxylation is 1. The van der Waals surface area contributed by atoms with Crippen molar-refractivity contribution in [1.82, 2.24) is 34.9 Å². The minimum Gasteiger partial charge on any atom is -0.512 e. The molecule has 7 aromatic heterocycles. The zero-order valence-corrected chi connectivity index (χ0v) is 82.2. The maximum Gasteiger partial charge on any atom is 0.354 e.